The molecule has 0 heterocycles. The van der Waals surface area contributed by atoms with Gasteiger partial charge in [-0.05, 0) is 56.4 Å². The molecule has 3 N–H and O–H groups in total. The Morgan fingerprint density at radius 2 is 1.62 bits per heavy atom. The van der Waals surface area contributed by atoms with Gasteiger partial charge in [-0.3, -0.25) is 25.2 Å². The number of ether oxygens (including phenoxy) is 1. The van der Waals surface area contributed by atoms with Gasteiger partial charge >= 0.3 is 0 Å². The summed E-state index contributed by atoms with van der Waals surface area (Å²) in [6.07, 6.45) is 0.105. The third-order valence-electron chi connectivity index (χ3n) is 5.30. The van der Waals surface area contributed by atoms with Crippen LogP contribution >= 0.6 is 0 Å². The number of anilines is 1. The van der Waals surface area contributed by atoms with E-state index in [1.165, 1.54) is 0 Å². The molecule has 0 radical (unpaired) electrons. The van der Waals surface area contributed by atoms with Gasteiger partial charge in [-0.25, -0.2) is 0 Å². The van der Waals surface area contributed by atoms with Gasteiger partial charge in [0.1, 0.15) is 5.75 Å². The molecule has 3 amide bonds. The topological polar surface area (TPSA) is 96.5 Å². The summed E-state index contributed by atoms with van der Waals surface area (Å²) in [6, 6.07) is 13.3. The first-order valence-corrected chi connectivity index (χ1v) is 10.9. The predicted molar refractivity (Wildman–Crippen MR) is 125 cm³/mol. The number of hydrogen-bond acceptors (Lipinski definition) is 4. The van der Waals surface area contributed by atoms with Crippen LogP contribution in [-0.4, -0.2) is 23.8 Å². The van der Waals surface area contributed by atoms with Crippen LogP contribution < -0.4 is 20.9 Å². The molecule has 0 aliphatic heterocycles. The molecule has 2 aromatic rings. The van der Waals surface area contributed by atoms with Crippen LogP contribution in [0.15, 0.2) is 42.5 Å². The number of amides is 3. The van der Waals surface area contributed by atoms with Gasteiger partial charge in [0.05, 0.1) is 0 Å². The summed E-state index contributed by atoms with van der Waals surface area (Å²) in [5.41, 5.74) is 8.52. The van der Waals surface area contributed by atoms with Gasteiger partial charge in [0.25, 0.3) is 5.91 Å². The Labute approximate surface area is 189 Å². The highest BCUT2D eigenvalue weighted by atomic mass is 16.5. The zero-order valence-corrected chi connectivity index (χ0v) is 19.5. The van der Waals surface area contributed by atoms with E-state index in [1.807, 2.05) is 56.3 Å². The Balaban J connectivity index is 1.77. The average molecular weight is 440 g/mol. The molecule has 2 aromatic carbocycles. The maximum absolute atomic E-state index is 12.3. The standard InChI is InChI=1S/C25H33N3O4/c1-6-17(3)20-9-7-8-10-22(20)32-19(5)25(31)28-27-24(30)14-13-23(29)26-21-12-11-16(2)15-18(21)4/h7-12,15,17,19H,6,13-14H2,1-5H3,(H,26,29)(H,27,30)(H,28,31). The number of aryl methyl sites for hydroxylation is 2. The fraction of sp³-hybridized carbons (Fsp3) is 0.400. The first kappa shape index (κ1) is 24.9. The molecule has 7 nitrogen and oxygen atoms in total. The Morgan fingerprint density at radius 3 is 2.31 bits per heavy atom. The van der Waals surface area contributed by atoms with Gasteiger partial charge in [0.15, 0.2) is 6.10 Å². The van der Waals surface area contributed by atoms with Crippen molar-refractivity contribution < 1.29 is 19.1 Å². The van der Waals surface area contributed by atoms with E-state index in [4.69, 9.17) is 4.74 Å². The average Bonchev–Trinajstić information content (AvgIpc) is 2.77. The molecular weight excluding hydrogens is 406 g/mol. The second-order valence-electron chi connectivity index (χ2n) is 8.01. The second-order valence-corrected chi connectivity index (χ2v) is 8.01. The van der Waals surface area contributed by atoms with Crippen molar-refractivity contribution in [2.75, 3.05) is 5.32 Å². The first-order chi connectivity index (χ1) is 15.2. The summed E-state index contributed by atoms with van der Waals surface area (Å²) in [6.45, 7) is 9.70. The smallest absolute Gasteiger partial charge is 0.279 e. The van der Waals surface area contributed by atoms with E-state index in [0.29, 0.717) is 11.7 Å². The van der Waals surface area contributed by atoms with E-state index in [1.54, 1.807) is 6.92 Å². The molecule has 172 valence electrons. The van der Waals surface area contributed by atoms with Crippen molar-refractivity contribution in [2.24, 2.45) is 0 Å². The Kier molecular flexibility index (Phi) is 9.25. The van der Waals surface area contributed by atoms with Crippen LogP contribution in [-0.2, 0) is 14.4 Å². The van der Waals surface area contributed by atoms with Crippen molar-refractivity contribution in [1.82, 2.24) is 10.9 Å². The number of rotatable bonds is 9. The Morgan fingerprint density at radius 1 is 0.938 bits per heavy atom. The molecule has 0 saturated heterocycles. The van der Waals surface area contributed by atoms with Crippen molar-refractivity contribution in [1.29, 1.82) is 0 Å². The lowest BCUT2D eigenvalue weighted by molar-refractivity contribution is -0.133. The van der Waals surface area contributed by atoms with Crippen molar-refractivity contribution in [3.63, 3.8) is 0 Å². The largest absolute Gasteiger partial charge is 0.481 e. The van der Waals surface area contributed by atoms with Gasteiger partial charge in [-0.2, -0.15) is 0 Å². The zero-order valence-electron chi connectivity index (χ0n) is 19.5. The van der Waals surface area contributed by atoms with E-state index in [-0.39, 0.29) is 18.7 Å². The Bertz CT molecular complexity index is 958. The highest BCUT2D eigenvalue weighted by Crippen LogP contribution is 2.29. The maximum Gasteiger partial charge on any atom is 0.279 e. The normalized spacial score (nSPS) is 12.4. The molecule has 0 bridgehead atoms. The zero-order chi connectivity index (χ0) is 23.7. The lowest BCUT2D eigenvalue weighted by Gasteiger charge is -2.19. The van der Waals surface area contributed by atoms with Crippen LogP contribution in [0.1, 0.15) is 62.6 Å². The molecule has 0 aliphatic rings. The summed E-state index contributed by atoms with van der Waals surface area (Å²) < 4.78 is 5.82. The molecule has 2 unspecified atom stereocenters. The van der Waals surface area contributed by atoms with Crippen molar-refractivity contribution in [3.8, 4) is 5.75 Å². The number of nitrogens with one attached hydrogen (secondary N) is 3. The van der Waals surface area contributed by atoms with Crippen LogP contribution in [0.25, 0.3) is 0 Å². The molecule has 0 fully saturated rings. The van der Waals surface area contributed by atoms with E-state index in [9.17, 15) is 14.4 Å². The molecule has 0 saturated carbocycles. The minimum absolute atomic E-state index is 0.00333. The lowest BCUT2D eigenvalue weighted by Crippen LogP contribution is -2.47. The summed E-state index contributed by atoms with van der Waals surface area (Å²) in [4.78, 5) is 36.5. The van der Waals surface area contributed by atoms with Crippen LogP contribution in [0, 0.1) is 13.8 Å². The molecular formula is C25H33N3O4. The number of hydrogen-bond donors (Lipinski definition) is 3. The maximum atomic E-state index is 12.3. The number of benzene rings is 2. The quantitative estimate of drug-likeness (QED) is 0.512. The van der Waals surface area contributed by atoms with Gasteiger partial charge < -0.3 is 10.1 Å². The van der Waals surface area contributed by atoms with Crippen LogP contribution in [0.3, 0.4) is 0 Å². The van der Waals surface area contributed by atoms with Crippen molar-refractivity contribution >= 4 is 23.4 Å². The SMILES string of the molecule is CCC(C)c1ccccc1OC(C)C(=O)NNC(=O)CCC(=O)Nc1ccc(C)cc1C. The van der Waals surface area contributed by atoms with Gasteiger partial charge in [-0.15, -0.1) is 0 Å². The molecule has 0 aromatic heterocycles. The summed E-state index contributed by atoms with van der Waals surface area (Å²) in [7, 11) is 0. The molecule has 2 rings (SSSR count). The molecule has 32 heavy (non-hydrogen) atoms. The van der Waals surface area contributed by atoms with Crippen LogP contribution in [0.5, 0.6) is 5.75 Å². The molecule has 0 spiro atoms. The number of carbonyl (C=O) groups excluding carboxylic acids is 3. The highest BCUT2D eigenvalue weighted by molar-refractivity contribution is 5.94. The van der Waals surface area contributed by atoms with E-state index in [2.05, 4.69) is 30.0 Å². The van der Waals surface area contributed by atoms with E-state index in [0.717, 1.165) is 28.8 Å². The molecule has 0 aliphatic carbocycles. The number of carbonyl (C=O) groups is 3. The molecule has 2 atom stereocenters. The summed E-state index contributed by atoms with van der Waals surface area (Å²) >= 11 is 0. The van der Waals surface area contributed by atoms with Crippen molar-refractivity contribution in [2.45, 2.75) is 65.9 Å². The van der Waals surface area contributed by atoms with Crippen LogP contribution in [0.2, 0.25) is 0 Å². The van der Waals surface area contributed by atoms with Gasteiger partial charge in [0.2, 0.25) is 11.8 Å². The van der Waals surface area contributed by atoms with E-state index >= 15 is 0 Å². The predicted octanol–water partition coefficient (Wildman–Crippen LogP) is 4.15. The minimum atomic E-state index is -0.798. The summed E-state index contributed by atoms with van der Waals surface area (Å²) in [5.74, 6) is -0.245. The third kappa shape index (κ3) is 7.41. The van der Waals surface area contributed by atoms with Gasteiger partial charge in [-0.1, -0.05) is 49.7 Å². The third-order valence-corrected chi connectivity index (χ3v) is 5.30. The van der Waals surface area contributed by atoms with Crippen LogP contribution in [0.4, 0.5) is 5.69 Å². The monoisotopic (exact) mass is 439 g/mol. The highest BCUT2D eigenvalue weighted by Gasteiger charge is 2.18. The fourth-order valence-electron chi connectivity index (χ4n) is 3.15. The minimum Gasteiger partial charge on any atom is -0.481 e. The first-order valence-electron chi connectivity index (χ1n) is 10.9. The summed E-state index contributed by atoms with van der Waals surface area (Å²) in [5, 5.41) is 2.80. The Hall–Kier alpha value is -3.35. The lowest BCUT2D eigenvalue weighted by atomic mass is 9.98. The fourth-order valence-corrected chi connectivity index (χ4v) is 3.15. The number of hydrazine groups is 1. The van der Waals surface area contributed by atoms with Gasteiger partial charge in [0, 0.05) is 18.5 Å². The van der Waals surface area contributed by atoms with Crippen molar-refractivity contribution in [3.05, 3.63) is 59.2 Å². The second kappa shape index (κ2) is 11.9. The number of para-hydroxylation sites is 1. The van der Waals surface area contributed by atoms with E-state index < -0.39 is 17.9 Å². The molecule has 7 heteroatoms.